The maximum absolute atomic E-state index is 9.10. The van der Waals surface area contributed by atoms with Gasteiger partial charge in [0.2, 0.25) is 0 Å². The minimum Gasteiger partial charge on any atom is -0.512 e. The minimum absolute atomic E-state index is 0. The molecular formula is C54H38Br3CuN10. The molecule has 0 aliphatic heterocycles. The van der Waals surface area contributed by atoms with E-state index in [1.807, 2.05) is 73.3 Å². The predicted octanol–water partition coefficient (Wildman–Crippen LogP) is 17.6. The van der Waals surface area contributed by atoms with Crippen molar-refractivity contribution in [3.63, 3.8) is 0 Å². The van der Waals surface area contributed by atoms with Crippen LogP contribution in [-0.4, -0.2) is 29.9 Å². The molecule has 0 spiro atoms. The number of fused-ring (bicyclic) bond motifs is 6. The molecule has 12 rings (SSSR count). The molecule has 0 saturated carbocycles. The van der Waals surface area contributed by atoms with Gasteiger partial charge in [0.05, 0.1) is 24.8 Å². The molecular weight excluding hydrogens is 1090 g/mol. The van der Waals surface area contributed by atoms with Gasteiger partial charge in [-0.3, -0.25) is 0 Å². The number of halogens is 3. The van der Waals surface area contributed by atoms with E-state index in [1.54, 1.807) is 12.1 Å². The molecule has 10 nitrogen and oxygen atoms in total. The molecule has 6 N–H and O–H groups in total. The number of aromatic amines is 6. The number of rotatable bonds is 3. The van der Waals surface area contributed by atoms with E-state index in [1.165, 1.54) is 27.3 Å². The van der Waals surface area contributed by atoms with Gasteiger partial charge in [0.25, 0.3) is 0 Å². The maximum Gasteiger partial charge on any atom is 1.00 e. The van der Waals surface area contributed by atoms with E-state index in [0.29, 0.717) is 16.9 Å². The van der Waals surface area contributed by atoms with Gasteiger partial charge in [0.1, 0.15) is 0 Å². The largest absolute Gasteiger partial charge is 1.00 e. The number of aromatic nitrogens is 6. The van der Waals surface area contributed by atoms with Gasteiger partial charge in [0.15, 0.2) is 11.4 Å². The molecule has 0 bridgehead atoms. The Morgan fingerprint density at radius 3 is 0.912 bits per heavy atom. The topological polar surface area (TPSA) is 151 Å². The van der Waals surface area contributed by atoms with Gasteiger partial charge in [0, 0.05) is 139 Å². The Morgan fingerprint density at radius 1 is 0.382 bits per heavy atom. The van der Waals surface area contributed by atoms with Gasteiger partial charge in [-0.2, -0.15) is 5.26 Å². The van der Waals surface area contributed by atoms with E-state index in [-0.39, 0.29) is 31.9 Å². The van der Waals surface area contributed by atoms with Crippen molar-refractivity contribution in [2.75, 3.05) is 0 Å². The Bertz CT molecular complexity index is 3750. The molecule has 14 heteroatoms. The van der Waals surface area contributed by atoms with Crippen molar-refractivity contribution >= 4 is 125 Å². The van der Waals surface area contributed by atoms with Gasteiger partial charge in [-0.25, -0.2) is 9.69 Å². The third-order valence-electron chi connectivity index (χ3n) is 11.2. The Kier molecular flexibility index (Phi) is 15.7. The molecule has 68 heavy (non-hydrogen) atoms. The zero-order chi connectivity index (χ0) is 45.2. The quantitative estimate of drug-likeness (QED) is 0.0771. The third-order valence-corrected chi connectivity index (χ3v) is 12.7. The first-order chi connectivity index (χ1) is 31.8. The molecule has 6 heterocycles. The molecule has 0 atom stereocenters. The van der Waals surface area contributed by atoms with Crippen LogP contribution in [0.4, 0.5) is 11.4 Å². The second kappa shape index (κ2) is 21.4. The fraction of sp³-hybridized carbons (Fsp3) is 0.0370. The summed E-state index contributed by atoms with van der Waals surface area (Å²) in [7, 11) is 0. The molecule has 0 radical (unpaired) electrons. The summed E-state index contributed by atoms with van der Waals surface area (Å²) in [6, 6.07) is 37.9. The number of nitrogens with zero attached hydrogens (tertiary/aromatic N) is 4. The predicted molar refractivity (Wildman–Crippen MR) is 286 cm³/mol. The maximum atomic E-state index is 9.10. The normalized spacial score (nSPS) is 10.3. The van der Waals surface area contributed by atoms with E-state index in [9.17, 15) is 0 Å². The van der Waals surface area contributed by atoms with Gasteiger partial charge < -0.3 is 41.7 Å². The van der Waals surface area contributed by atoms with Gasteiger partial charge in [-0.15, -0.1) is 0 Å². The second-order valence-electron chi connectivity index (χ2n) is 14.8. The molecule has 12 aromatic rings. The van der Waals surface area contributed by atoms with Crippen LogP contribution in [0.2, 0.25) is 0 Å². The van der Waals surface area contributed by atoms with Crippen LogP contribution in [0.5, 0.6) is 0 Å². The summed E-state index contributed by atoms with van der Waals surface area (Å²) in [4.78, 5) is 26.7. The molecule has 0 saturated heterocycles. The first-order valence-electron chi connectivity index (χ1n) is 19.8. The third kappa shape index (κ3) is 9.52. The van der Waals surface area contributed by atoms with Gasteiger partial charge in [-0.05, 0) is 108 Å². The monoisotopic (exact) mass is 1130 g/mol. The van der Waals surface area contributed by atoms with Gasteiger partial charge >= 0.3 is 17.1 Å². The second-order valence-corrected chi connectivity index (χ2v) is 17.6. The van der Waals surface area contributed by atoms with E-state index >= 15 is 0 Å². The van der Waals surface area contributed by atoms with Crippen molar-refractivity contribution in [2.24, 2.45) is 0 Å². The first kappa shape index (κ1) is 49.9. The standard InChI is InChI=1S/C18H10N4.C17H10BrN3.C16H10Br2N2.CN.2CH4.Cu/c1-20-12-3-5-18-14(7-12)16(10-22-18)15-9-21-17-4-2-11(8-19)6-13(15)17;1-19-11-3-5-17-13(7-11)15(9-21-17)14-8-20-16-4-2-10(18)6-12(14)16;17-9-1-3-15-11(5-9)13(7-19-15)14-8-20-16-4-2-10(18)6-12(14)16;1-2;;;/h2-7,9-10,21-22H;2-9,20-21H;1-8,19-20H;;2*1H4;/q;;;-1;;;+1. The molecule has 6 aromatic carbocycles. The summed E-state index contributed by atoms with van der Waals surface area (Å²) in [5.41, 5.74) is 15.1. The molecule has 336 valence electrons. The van der Waals surface area contributed by atoms with E-state index in [2.05, 4.69) is 154 Å². The minimum atomic E-state index is 0. The average molecular weight is 1130 g/mol. The Balaban J connectivity index is 0.000000161. The molecule has 0 unspecified atom stereocenters. The molecule has 0 amide bonds. The summed E-state index contributed by atoms with van der Waals surface area (Å²) in [5.74, 6) is 0. The van der Waals surface area contributed by atoms with Crippen molar-refractivity contribution in [3.05, 3.63) is 195 Å². The van der Waals surface area contributed by atoms with Crippen LogP contribution in [0.15, 0.2) is 160 Å². The van der Waals surface area contributed by atoms with Crippen LogP contribution in [0.25, 0.3) is 108 Å². The average Bonchev–Trinajstić information content (AvgIpc) is 4.22. The van der Waals surface area contributed by atoms with Crippen LogP contribution < -0.4 is 0 Å². The Hall–Kier alpha value is -7.52. The van der Waals surface area contributed by atoms with E-state index in [4.69, 9.17) is 30.2 Å². The molecule has 0 aliphatic rings. The fourth-order valence-electron chi connectivity index (χ4n) is 8.16. The SMILES string of the molecule is Brc1ccc2[nH]cc(-c3c[nH]c4ccc(Br)cc34)c2c1.C.C.[C-]#N.[C-]#[N+]c1ccc2[nH]cc(-c3c[nH]c4ccc(Br)cc34)c2c1.[C-]#[N+]c1ccc2[nH]cc(-c3c[nH]c4ccc(C#N)cc34)c2c1.[Cu+]. The summed E-state index contributed by atoms with van der Waals surface area (Å²) in [5, 5.41) is 22.0. The van der Waals surface area contributed by atoms with Crippen molar-refractivity contribution in [1.82, 2.24) is 29.9 Å². The number of nitrogens with one attached hydrogen (secondary N) is 6. The summed E-state index contributed by atoms with van der Waals surface area (Å²) < 4.78 is 3.23. The van der Waals surface area contributed by atoms with E-state index < -0.39 is 0 Å². The molecule has 0 fully saturated rings. The Labute approximate surface area is 427 Å². The van der Waals surface area contributed by atoms with Gasteiger partial charge in [-0.1, -0.05) is 74.8 Å². The zero-order valence-corrected chi connectivity index (χ0v) is 39.8. The van der Waals surface area contributed by atoms with E-state index in [0.717, 1.165) is 84.9 Å². The first-order valence-corrected chi connectivity index (χ1v) is 22.2. The Morgan fingerprint density at radius 2 is 0.632 bits per heavy atom. The van der Waals surface area contributed by atoms with Crippen LogP contribution in [-0.2, 0) is 17.1 Å². The van der Waals surface area contributed by atoms with Crippen LogP contribution in [0, 0.1) is 36.3 Å². The summed E-state index contributed by atoms with van der Waals surface area (Å²) in [6.45, 7) is 19.1. The van der Waals surface area contributed by atoms with Crippen molar-refractivity contribution in [1.29, 1.82) is 10.5 Å². The number of nitriles is 1. The summed E-state index contributed by atoms with van der Waals surface area (Å²) in [6.07, 6.45) is 12.0. The number of hydrogen-bond donors (Lipinski definition) is 6. The van der Waals surface area contributed by atoms with Crippen LogP contribution in [0.3, 0.4) is 0 Å². The fourth-order valence-corrected chi connectivity index (χ4v) is 9.25. The van der Waals surface area contributed by atoms with Crippen molar-refractivity contribution < 1.29 is 17.1 Å². The van der Waals surface area contributed by atoms with Crippen molar-refractivity contribution in [3.8, 4) is 39.4 Å². The molecule has 6 aromatic heterocycles. The van der Waals surface area contributed by atoms with Crippen LogP contribution >= 0.6 is 47.8 Å². The van der Waals surface area contributed by atoms with Crippen molar-refractivity contribution in [2.45, 2.75) is 14.9 Å². The summed E-state index contributed by atoms with van der Waals surface area (Å²) >= 11 is 10.6. The number of hydrogen-bond acceptors (Lipinski definition) is 2. The number of benzene rings is 6. The van der Waals surface area contributed by atoms with Crippen LogP contribution in [0.1, 0.15) is 20.4 Å². The molecule has 0 aliphatic carbocycles. The smallest absolute Gasteiger partial charge is 0.512 e. The number of H-pyrrole nitrogens is 6. The zero-order valence-electron chi connectivity index (χ0n) is 34.1.